The predicted octanol–water partition coefficient (Wildman–Crippen LogP) is 2.12. The minimum absolute atomic E-state index is 0.435. The van der Waals surface area contributed by atoms with E-state index in [1.807, 2.05) is 23.0 Å². The third kappa shape index (κ3) is 5.54. The molecule has 2 aromatic rings. The predicted molar refractivity (Wildman–Crippen MR) is 106 cm³/mol. The first-order chi connectivity index (χ1) is 12.9. The van der Waals surface area contributed by atoms with Gasteiger partial charge in [0.05, 0.1) is 6.04 Å². The molecular formula is C18H29N7S. The lowest BCUT2D eigenvalue weighted by Gasteiger charge is -2.27. The first kappa shape index (κ1) is 18.8. The number of nitrogens with one attached hydrogen (secondary N) is 2. The van der Waals surface area contributed by atoms with E-state index in [9.17, 15) is 0 Å². The lowest BCUT2D eigenvalue weighted by Crippen LogP contribution is -2.42. The highest BCUT2D eigenvalue weighted by Crippen LogP contribution is 2.27. The molecule has 1 unspecified atom stereocenters. The van der Waals surface area contributed by atoms with Crippen molar-refractivity contribution in [1.82, 2.24) is 30.3 Å². The number of hydrogen-bond acceptors (Lipinski definition) is 5. The molecule has 3 heterocycles. The number of thiophene rings is 1. The minimum Gasteiger partial charge on any atom is -0.356 e. The molecule has 2 aromatic heterocycles. The van der Waals surface area contributed by atoms with Gasteiger partial charge >= 0.3 is 0 Å². The zero-order valence-corrected chi connectivity index (χ0v) is 16.3. The van der Waals surface area contributed by atoms with Crippen LogP contribution in [0.1, 0.15) is 36.6 Å². The molecule has 1 atom stereocenters. The van der Waals surface area contributed by atoms with E-state index in [0.717, 1.165) is 38.4 Å². The maximum atomic E-state index is 4.37. The molecule has 0 aliphatic carbocycles. The number of likely N-dealkylation sites (tertiary alicyclic amines) is 1. The van der Waals surface area contributed by atoms with Crippen molar-refractivity contribution in [2.75, 3.05) is 33.2 Å². The van der Waals surface area contributed by atoms with E-state index in [0.29, 0.717) is 6.04 Å². The summed E-state index contributed by atoms with van der Waals surface area (Å²) >= 11 is 1.85. The number of rotatable bonds is 9. The molecule has 0 aromatic carbocycles. The van der Waals surface area contributed by atoms with Crippen molar-refractivity contribution in [1.29, 1.82) is 0 Å². The molecule has 142 valence electrons. The SMILES string of the molecule is CN=C(NCCCCn1cnnc1)NCC(c1cccs1)N1CCCC1. The first-order valence-electron chi connectivity index (χ1n) is 9.41. The molecule has 3 rings (SSSR count). The lowest BCUT2D eigenvalue weighted by atomic mass is 10.2. The Morgan fingerprint density at radius 1 is 1.23 bits per heavy atom. The number of guanidine groups is 1. The molecule has 1 aliphatic rings. The fourth-order valence-corrected chi connectivity index (χ4v) is 4.18. The second kappa shape index (κ2) is 10.3. The number of hydrogen-bond donors (Lipinski definition) is 2. The van der Waals surface area contributed by atoms with Crippen molar-refractivity contribution < 1.29 is 0 Å². The summed E-state index contributed by atoms with van der Waals surface area (Å²) in [6.45, 7) is 5.14. The smallest absolute Gasteiger partial charge is 0.191 e. The van der Waals surface area contributed by atoms with Crippen LogP contribution in [0.15, 0.2) is 35.2 Å². The van der Waals surface area contributed by atoms with E-state index >= 15 is 0 Å². The average Bonchev–Trinajstić information content (AvgIpc) is 3.43. The van der Waals surface area contributed by atoms with E-state index in [4.69, 9.17) is 0 Å². The van der Waals surface area contributed by atoms with Crippen molar-refractivity contribution in [3.05, 3.63) is 35.0 Å². The van der Waals surface area contributed by atoms with Crippen LogP contribution in [0.5, 0.6) is 0 Å². The average molecular weight is 376 g/mol. The number of nitrogens with zero attached hydrogens (tertiary/aromatic N) is 5. The van der Waals surface area contributed by atoms with Crippen LogP contribution < -0.4 is 10.6 Å². The number of aliphatic imine (C=N–C) groups is 1. The molecule has 0 saturated carbocycles. The monoisotopic (exact) mass is 375 g/mol. The number of unbranched alkanes of at least 4 members (excludes halogenated alkanes) is 1. The second-order valence-corrected chi connectivity index (χ2v) is 7.54. The summed E-state index contributed by atoms with van der Waals surface area (Å²) in [5.41, 5.74) is 0. The summed E-state index contributed by atoms with van der Waals surface area (Å²) in [5.74, 6) is 0.884. The molecule has 7 nitrogen and oxygen atoms in total. The van der Waals surface area contributed by atoms with Gasteiger partial charge in [-0.25, -0.2) is 0 Å². The highest BCUT2D eigenvalue weighted by molar-refractivity contribution is 7.10. The molecule has 1 saturated heterocycles. The summed E-state index contributed by atoms with van der Waals surface area (Å²) in [6, 6.07) is 4.83. The van der Waals surface area contributed by atoms with Crippen molar-refractivity contribution in [2.45, 2.75) is 38.3 Å². The first-order valence-corrected chi connectivity index (χ1v) is 10.3. The molecule has 0 bridgehead atoms. The molecule has 2 N–H and O–H groups in total. The highest BCUT2D eigenvalue weighted by atomic mass is 32.1. The van der Waals surface area contributed by atoms with Crippen LogP contribution in [0.2, 0.25) is 0 Å². The molecule has 0 radical (unpaired) electrons. The summed E-state index contributed by atoms with van der Waals surface area (Å²) in [7, 11) is 1.84. The Hall–Kier alpha value is -1.93. The zero-order chi connectivity index (χ0) is 18.0. The Kier molecular flexibility index (Phi) is 7.45. The maximum Gasteiger partial charge on any atom is 0.191 e. The van der Waals surface area contributed by atoms with Crippen LogP contribution in [-0.4, -0.2) is 58.9 Å². The molecule has 1 aliphatic heterocycles. The lowest BCUT2D eigenvalue weighted by molar-refractivity contribution is 0.249. The quantitative estimate of drug-likeness (QED) is 0.399. The van der Waals surface area contributed by atoms with E-state index in [1.54, 1.807) is 12.7 Å². The summed E-state index contributed by atoms with van der Waals surface area (Å²) in [6.07, 6.45) is 8.31. The van der Waals surface area contributed by atoms with Crippen LogP contribution in [0, 0.1) is 0 Å². The van der Waals surface area contributed by atoms with Gasteiger partial charge in [-0.3, -0.25) is 9.89 Å². The van der Waals surface area contributed by atoms with E-state index < -0.39 is 0 Å². The highest BCUT2D eigenvalue weighted by Gasteiger charge is 2.24. The van der Waals surface area contributed by atoms with Gasteiger partial charge in [0, 0.05) is 31.6 Å². The van der Waals surface area contributed by atoms with Gasteiger partial charge in [-0.2, -0.15) is 0 Å². The van der Waals surface area contributed by atoms with Gasteiger partial charge in [0.15, 0.2) is 5.96 Å². The van der Waals surface area contributed by atoms with Crippen LogP contribution in [0.3, 0.4) is 0 Å². The largest absolute Gasteiger partial charge is 0.356 e. The molecule has 8 heteroatoms. The fourth-order valence-electron chi connectivity index (χ4n) is 3.32. The molecule has 0 amide bonds. The van der Waals surface area contributed by atoms with E-state index in [-0.39, 0.29) is 0 Å². The van der Waals surface area contributed by atoms with Crippen LogP contribution in [0.4, 0.5) is 0 Å². The van der Waals surface area contributed by atoms with Crippen LogP contribution in [-0.2, 0) is 6.54 Å². The third-order valence-electron chi connectivity index (χ3n) is 4.74. The van der Waals surface area contributed by atoms with Gasteiger partial charge in [-0.15, -0.1) is 21.5 Å². The molecule has 0 spiro atoms. The summed E-state index contributed by atoms with van der Waals surface area (Å²) in [5, 5.41) is 16.8. The number of aromatic nitrogens is 3. The fraction of sp³-hybridized carbons (Fsp3) is 0.611. The van der Waals surface area contributed by atoms with Crippen molar-refractivity contribution in [2.24, 2.45) is 4.99 Å². The summed E-state index contributed by atoms with van der Waals surface area (Å²) in [4.78, 5) is 8.39. The summed E-state index contributed by atoms with van der Waals surface area (Å²) < 4.78 is 2.01. The minimum atomic E-state index is 0.435. The van der Waals surface area contributed by atoms with E-state index in [2.05, 4.69) is 48.2 Å². The Labute approximate surface area is 159 Å². The molecular weight excluding hydrogens is 346 g/mol. The zero-order valence-electron chi connectivity index (χ0n) is 15.5. The van der Waals surface area contributed by atoms with Crippen molar-refractivity contribution in [3.63, 3.8) is 0 Å². The number of aryl methyl sites for hydroxylation is 1. The Morgan fingerprint density at radius 3 is 2.73 bits per heavy atom. The standard InChI is InChI=1S/C18H29N7S/c1-19-18(20-8-2-3-9-24-14-22-23-15-24)21-13-16(17-7-6-12-26-17)25-10-4-5-11-25/h6-7,12,14-16H,2-5,8-11,13H2,1H3,(H2,19,20,21). The Morgan fingerprint density at radius 2 is 2.04 bits per heavy atom. The van der Waals surface area contributed by atoms with E-state index in [1.165, 1.54) is 30.8 Å². The van der Waals surface area contributed by atoms with Gasteiger partial charge in [0.1, 0.15) is 12.7 Å². The second-order valence-electron chi connectivity index (χ2n) is 6.56. The van der Waals surface area contributed by atoms with Gasteiger partial charge in [-0.1, -0.05) is 6.07 Å². The third-order valence-corrected chi connectivity index (χ3v) is 5.72. The molecule has 26 heavy (non-hydrogen) atoms. The van der Waals surface area contributed by atoms with Gasteiger partial charge in [0.25, 0.3) is 0 Å². The topological polar surface area (TPSA) is 70.4 Å². The van der Waals surface area contributed by atoms with Crippen LogP contribution in [0.25, 0.3) is 0 Å². The van der Waals surface area contributed by atoms with Gasteiger partial charge < -0.3 is 15.2 Å². The molecule has 1 fully saturated rings. The maximum absolute atomic E-state index is 4.37. The van der Waals surface area contributed by atoms with Gasteiger partial charge in [0.2, 0.25) is 0 Å². The Bertz CT molecular complexity index is 633. The van der Waals surface area contributed by atoms with Crippen LogP contribution >= 0.6 is 11.3 Å². The van der Waals surface area contributed by atoms with Crippen molar-refractivity contribution in [3.8, 4) is 0 Å². The Balaban J connectivity index is 1.40. The van der Waals surface area contributed by atoms with Crippen molar-refractivity contribution >= 4 is 17.3 Å². The van der Waals surface area contributed by atoms with Gasteiger partial charge in [-0.05, 0) is 50.2 Å². The normalized spacial score (nSPS) is 16.7.